The Morgan fingerprint density at radius 2 is 1.88 bits per heavy atom. The monoisotopic (exact) mass is 325 g/mol. The van der Waals surface area contributed by atoms with Gasteiger partial charge in [0.25, 0.3) is 11.5 Å². The summed E-state index contributed by atoms with van der Waals surface area (Å²) in [7, 11) is 0. The van der Waals surface area contributed by atoms with E-state index in [4.69, 9.17) is 4.42 Å². The second kappa shape index (κ2) is 6.82. The minimum atomic E-state index is -0.584. The molecule has 1 amide bonds. The molecule has 0 aliphatic carbocycles. The maximum Gasteiger partial charge on any atom is 0.325 e. The summed E-state index contributed by atoms with van der Waals surface area (Å²) < 4.78 is 4.96. The van der Waals surface area contributed by atoms with Crippen LogP contribution in [0.2, 0.25) is 0 Å². The summed E-state index contributed by atoms with van der Waals surface area (Å²) in [5.74, 6) is -0.266. The maximum absolute atomic E-state index is 12.7. The van der Waals surface area contributed by atoms with Crippen molar-refractivity contribution < 1.29 is 9.21 Å². The minimum Gasteiger partial charge on any atom is -0.472 e. The molecule has 0 spiro atoms. The first-order chi connectivity index (χ1) is 11.6. The van der Waals surface area contributed by atoms with Crippen molar-refractivity contribution >= 4 is 5.91 Å². The van der Waals surface area contributed by atoms with E-state index in [1.807, 2.05) is 30.3 Å². The van der Waals surface area contributed by atoms with Gasteiger partial charge in [0.15, 0.2) is 0 Å². The lowest BCUT2D eigenvalue weighted by atomic mass is 10.1. The minimum absolute atomic E-state index is 0.0605. The normalized spacial score (nSPS) is 10.5. The zero-order valence-corrected chi connectivity index (χ0v) is 12.7. The number of carbonyl (C=O) groups is 1. The van der Waals surface area contributed by atoms with E-state index in [2.05, 4.69) is 9.97 Å². The zero-order chi connectivity index (χ0) is 16.9. The predicted molar refractivity (Wildman–Crippen MR) is 86.4 cm³/mol. The Kier molecular flexibility index (Phi) is 4.42. The number of nitrogens with one attached hydrogen (secondary N) is 2. The molecule has 0 unspecified atom stereocenters. The molecule has 0 saturated carbocycles. The average molecular weight is 325 g/mol. The number of benzene rings is 1. The largest absolute Gasteiger partial charge is 0.472 e. The summed E-state index contributed by atoms with van der Waals surface area (Å²) in [6, 6.07) is 11.0. The van der Waals surface area contributed by atoms with Gasteiger partial charge in [0, 0.05) is 12.7 Å². The van der Waals surface area contributed by atoms with Crippen molar-refractivity contribution in [2.24, 2.45) is 0 Å². The molecule has 7 heteroatoms. The van der Waals surface area contributed by atoms with Gasteiger partial charge < -0.3 is 14.3 Å². The van der Waals surface area contributed by atoms with Crippen molar-refractivity contribution in [2.75, 3.05) is 0 Å². The molecule has 0 aliphatic rings. The Bertz CT molecular complexity index is 926. The first kappa shape index (κ1) is 15.5. The molecule has 2 heterocycles. The fourth-order valence-electron chi connectivity index (χ4n) is 2.33. The van der Waals surface area contributed by atoms with Gasteiger partial charge >= 0.3 is 5.69 Å². The Balaban J connectivity index is 1.90. The van der Waals surface area contributed by atoms with E-state index in [9.17, 15) is 14.4 Å². The second-order valence-corrected chi connectivity index (χ2v) is 5.26. The van der Waals surface area contributed by atoms with Gasteiger partial charge in [0.05, 0.1) is 23.9 Å². The Labute approximate surface area is 136 Å². The summed E-state index contributed by atoms with van der Waals surface area (Å²) in [5.41, 5.74) is 0.515. The van der Waals surface area contributed by atoms with Crippen molar-refractivity contribution in [1.82, 2.24) is 14.9 Å². The van der Waals surface area contributed by atoms with Crippen molar-refractivity contribution in [2.45, 2.75) is 13.1 Å². The number of H-pyrrole nitrogens is 2. The molecular formula is C17H15N3O4. The Morgan fingerprint density at radius 1 is 1.08 bits per heavy atom. The molecule has 7 nitrogen and oxygen atoms in total. The number of carbonyl (C=O) groups excluding carboxylic acids is 1. The van der Waals surface area contributed by atoms with Crippen molar-refractivity contribution in [3.05, 3.63) is 92.6 Å². The number of hydrogen-bond acceptors (Lipinski definition) is 4. The fraction of sp³-hybridized carbons (Fsp3) is 0.118. The van der Waals surface area contributed by atoms with Crippen molar-refractivity contribution in [3.63, 3.8) is 0 Å². The number of hydrogen-bond donors (Lipinski definition) is 2. The molecule has 0 saturated heterocycles. The van der Waals surface area contributed by atoms with Crippen LogP contribution in [0.25, 0.3) is 0 Å². The molecular weight excluding hydrogens is 310 g/mol. The first-order valence-corrected chi connectivity index (χ1v) is 7.30. The van der Waals surface area contributed by atoms with E-state index >= 15 is 0 Å². The third kappa shape index (κ3) is 3.52. The number of nitrogens with zero attached hydrogens (tertiary/aromatic N) is 1. The van der Waals surface area contributed by atoms with Crippen LogP contribution < -0.4 is 11.2 Å². The van der Waals surface area contributed by atoms with Crippen LogP contribution in [-0.2, 0) is 13.1 Å². The summed E-state index contributed by atoms with van der Waals surface area (Å²) in [6.45, 7) is 0.383. The highest BCUT2D eigenvalue weighted by molar-refractivity contribution is 5.93. The average Bonchev–Trinajstić information content (AvgIpc) is 3.11. The third-order valence-electron chi connectivity index (χ3n) is 3.53. The van der Waals surface area contributed by atoms with Crippen molar-refractivity contribution in [3.8, 4) is 0 Å². The SMILES string of the molecule is O=C(c1ccoc1)N(Cc1ccccc1)Cc1c[nH]c(=O)[nH]c1=O. The number of rotatable bonds is 5. The topological polar surface area (TPSA) is 99.2 Å². The fourth-order valence-corrected chi connectivity index (χ4v) is 2.33. The molecule has 0 bridgehead atoms. The molecule has 0 radical (unpaired) electrons. The van der Waals surface area contributed by atoms with Crippen LogP contribution in [0.15, 0.2) is 69.1 Å². The summed E-state index contributed by atoms with van der Waals surface area (Å²) in [4.78, 5) is 41.8. The maximum atomic E-state index is 12.7. The molecule has 0 atom stereocenters. The van der Waals surface area contributed by atoms with Crippen LogP contribution >= 0.6 is 0 Å². The van der Waals surface area contributed by atoms with Gasteiger partial charge in [-0.15, -0.1) is 0 Å². The summed E-state index contributed by atoms with van der Waals surface area (Å²) >= 11 is 0. The molecule has 3 rings (SSSR count). The lowest BCUT2D eigenvalue weighted by Gasteiger charge is -2.22. The molecule has 2 aromatic heterocycles. The summed E-state index contributed by atoms with van der Waals surface area (Å²) in [6.07, 6.45) is 4.10. The lowest BCUT2D eigenvalue weighted by Crippen LogP contribution is -2.34. The standard InChI is InChI=1S/C17H15N3O4/c21-15-14(8-18-17(23)19-15)10-20(9-12-4-2-1-3-5-12)16(22)13-6-7-24-11-13/h1-8,11H,9-10H2,(H2,18,19,21,23). The van der Waals surface area contributed by atoms with E-state index in [1.165, 1.54) is 23.6 Å². The highest BCUT2D eigenvalue weighted by atomic mass is 16.3. The van der Waals surface area contributed by atoms with Gasteiger partial charge in [0.1, 0.15) is 6.26 Å². The van der Waals surface area contributed by atoms with Crippen LogP contribution in [0.1, 0.15) is 21.5 Å². The molecule has 122 valence electrons. The molecule has 0 fully saturated rings. The summed E-state index contributed by atoms with van der Waals surface area (Å²) in [5, 5.41) is 0. The molecule has 0 aliphatic heterocycles. The molecule has 24 heavy (non-hydrogen) atoms. The highest BCUT2D eigenvalue weighted by Gasteiger charge is 2.19. The lowest BCUT2D eigenvalue weighted by molar-refractivity contribution is 0.0728. The van der Waals surface area contributed by atoms with Gasteiger partial charge in [-0.1, -0.05) is 30.3 Å². The van der Waals surface area contributed by atoms with Crippen LogP contribution in [0, 0.1) is 0 Å². The van der Waals surface area contributed by atoms with E-state index in [-0.39, 0.29) is 12.5 Å². The van der Waals surface area contributed by atoms with Crippen molar-refractivity contribution in [1.29, 1.82) is 0 Å². The van der Waals surface area contributed by atoms with Gasteiger partial charge in [-0.05, 0) is 11.6 Å². The third-order valence-corrected chi connectivity index (χ3v) is 3.53. The highest BCUT2D eigenvalue weighted by Crippen LogP contribution is 2.13. The first-order valence-electron chi connectivity index (χ1n) is 7.30. The smallest absolute Gasteiger partial charge is 0.325 e. The van der Waals surface area contributed by atoms with E-state index < -0.39 is 11.2 Å². The molecule has 1 aromatic carbocycles. The van der Waals surface area contributed by atoms with Gasteiger partial charge in [-0.2, -0.15) is 0 Å². The van der Waals surface area contributed by atoms with Crippen LogP contribution in [0.4, 0.5) is 0 Å². The van der Waals surface area contributed by atoms with E-state index in [0.717, 1.165) is 5.56 Å². The Morgan fingerprint density at radius 3 is 2.54 bits per heavy atom. The second-order valence-electron chi connectivity index (χ2n) is 5.26. The Hall–Kier alpha value is -3.35. The number of amides is 1. The number of furan rings is 1. The number of aromatic amines is 2. The van der Waals surface area contributed by atoms with E-state index in [1.54, 1.807) is 6.07 Å². The zero-order valence-electron chi connectivity index (χ0n) is 12.7. The molecule has 2 N–H and O–H groups in total. The predicted octanol–water partition coefficient (Wildman–Crippen LogP) is 1.50. The van der Waals surface area contributed by atoms with Gasteiger partial charge in [0.2, 0.25) is 0 Å². The van der Waals surface area contributed by atoms with Gasteiger partial charge in [-0.3, -0.25) is 14.6 Å². The van der Waals surface area contributed by atoms with Crippen LogP contribution in [-0.4, -0.2) is 20.8 Å². The number of aromatic nitrogens is 2. The quantitative estimate of drug-likeness (QED) is 0.742. The molecule has 3 aromatic rings. The van der Waals surface area contributed by atoms with Crippen LogP contribution in [0.5, 0.6) is 0 Å². The van der Waals surface area contributed by atoms with E-state index in [0.29, 0.717) is 17.7 Å². The van der Waals surface area contributed by atoms with Gasteiger partial charge in [-0.25, -0.2) is 4.79 Å². The van der Waals surface area contributed by atoms with Crippen LogP contribution in [0.3, 0.4) is 0 Å².